The third kappa shape index (κ3) is 8.41. The van der Waals surface area contributed by atoms with E-state index >= 15 is 0 Å². The molecule has 0 fully saturated rings. The van der Waals surface area contributed by atoms with Crippen LogP contribution in [0.25, 0.3) is 0 Å². The van der Waals surface area contributed by atoms with E-state index in [0.717, 1.165) is 7.11 Å². The average molecular weight is 256 g/mol. The number of aliphatic hydroxyl groups excluding tert-OH is 1. The van der Waals surface area contributed by atoms with Gasteiger partial charge in [0.2, 0.25) is 0 Å². The predicted octanol–water partition coefficient (Wildman–Crippen LogP) is -1.42. The Kier molecular flexibility index (Phi) is 7.81. The topological polar surface area (TPSA) is 114 Å². The molecule has 0 aliphatic rings. The number of carbonyl (C=O) groups excluding carboxylic acids is 1. The molecule has 0 saturated carbocycles. The summed E-state index contributed by atoms with van der Waals surface area (Å²) in [4.78, 5) is 10.6. The highest BCUT2D eigenvalue weighted by Crippen LogP contribution is 1.84. The van der Waals surface area contributed by atoms with Gasteiger partial charge in [-0.15, -0.1) is 0 Å². The lowest BCUT2D eigenvalue weighted by Crippen LogP contribution is -2.40. The van der Waals surface area contributed by atoms with E-state index in [9.17, 15) is 13.2 Å². The minimum absolute atomic E-state index is 0.0738. The first-order valence-electron chi connectivity index (χ1n) is 4.56. The first-order chi connectivity index (χ1) is 7.52. The quantitative estimate of drug-likeness (QED) is 0.459. The molecule has 8 nitrogen and oxygen atoms in total. The average Bonchev–Trinajstić information content (AvgIpc) is 2.22. The summed E-state index contributed by atoms with van der Waals surface area (Å²) in [5.74, 6) is 0. The van der Waals surface area contributed by atoms with E-state index in [1.807, 2.05) is 0 Å². The predicted molar refractivity (Wildman–Crippen MR) is 55.0 cm³/mol. The number of rotatable bonds is 8. The normalized spacial score (nSPS) is 11.1. The minimum atomic E-state index is -3.87. The van der Waals surface area contributed by atoms with Gasteiger partial charge in [0.1, 0.15) is 0 Å². The van der Waals surface area contributed by atoms with E-state index in [2.05, 4.69) is 9.46 Å². The van der Waals surface area contributed by atoms with Gasteiger partial charge in [0.15, 0.2) is 0 Å². The van der Waals surface area contributed by atoms with Crippen molar-refractivity contribution >= 4 is 16.3 Å². The molecule has 0 bridgehead atoms. The van der Waals surface area contributed by atoms with Crippen molar-refractivity contribution in [3.63, 3.8) is 0 Å². The van der Waals surface area contributed by atoms with Crippen LogP contribution in [0, 0.1) is 0 Å². The number of hydrogen-bond acceptors (Lipinski definition) is 6. The van der Waals surface area contributed by atoms with E-state index in [1.165, 1.54) is 0 Å². The van der Waals surface area contributed by atoms with E-state index in [0.29, 0.717) is 13.0 Å². The molecule has 0 aliphatic heterocycles. The zero-order chi connectivity index (χ0) is 12.4. The third-order valence-electron chi connectivity index (χ3n) is 1.40. The number of carbonyl (C=O) groups is 1. The Labute approximate surface area is 94.1 Å². The van der Waals surface area contributed by atoms with E-state index < -0.39 is 16.3 Å². The van der Waals surface area contributed by atoms with Gasteiger partial charge in [-0.3, -0.25) is 0 Å². The number of methoxy groups -OCH3 is 1. The van der Waals surface area contributed by atoms with Crippen LogP contribution in [0.2, 0.25) is 0 Å². The molecule has 0 saturated heterocycles. The van der Waals surface area contributed by atoms with Gasteiger partial charge in [0.25, 0.3) is 0 Å². The molecule has 1 amide bonds. The van der Waals surface area contributed by atoms with Crippen LogP contribution in [0.4, 0.5) is 4.79 Å². The van der Waals surface area contributed by atoms with Crippen molar-refractivity contribution < 1.29 is 27.8 Å². The van der Waals surface area contributed by atoms with Crippen molar-refractivity contribution in [2.24, 2.45) is 0 Å². The van der Waals surface area contributed by atoms with Crippen LogP contribution in [0.5, 0.6) is 0 Å². The standard InChI is InChI=1S/C7H16N2O6S/c1-14-7(11)9-16(12,13)8-3-2-5-15-6-4-10/h8,10H,2-6H2,1H3,(H,9,11). The van der Waals surface area contributed by atoms with Crippen LogP contribution in [0.3, 0.4) is 0 Å². The number of nitrogens with one attached hydrogen (secondary N) is 2. The summed E-state index contributed by atoms with van der Waals surface area (Å²) in [5.41, 5.74) is 0. The first-order valence-corrected chi connectivity index (χ1v) is 6.04. The van der Waals surface area contributed by atoms with Gasteiger partial charge in [-0.05, 0) is 6.42 Å². The Hall–Kier alpha value is -0.900. The summed E-state index contributed by atoms with van der Waals surface area (Å²) >= 11 is 0. The number of amides is 1. The smallest absolute Gasteiger partial charge is 0.421 e. The zero-order valence-electron chi connectivity index (χ0n) is 8.93. The highest BCUT2D eigenvalue weighted by Gasteiger charge is 2.12. The molecule has 0 spiro atoms. The van der Waals surface area contributed by atoms with Crippen molar-refractivity contribution in [3.05, 3.63) is 0 Å². The minimum Gasteiger partial charge on any atom is -0.452 e. The summed E-state index contributed by atoms with van der Waals surface area (Å²) in [5, 5.41) is 8.38. The maximum atomic E-state index is 11.1. The lowest BCUT2D eigenvalue weighted by Gasteiger charge is -2.07. The van der Waals surface area contributed by atoms with Crippen LogP contribution < -0.4 is 9.44 Å². The molecule has 0 radical (unpaired) electrons. The van der Waals surface area contributed by atoms with Gasteiger partial charge in [0.05, 0.1) is 20.3 Å². The highest BCUT2D eigenvalue weighted by molar-refractivity contribution is 7.88. The molecule has 0 aliphatic carbocycles. The lowest BCUT2D eigenvalue weighted by molar-refractivity contribution is 0.0913. The SMILES string of the molecule is COC(=O)NS(=O)(=O)NCCCOCCO. The second kappa shape index (κ2) is 8.28. The Balaban J connectivity index is 3.63. The molecule has 96 valence electrons. The maximum Gasteiger partial charge on any atom is 0.421 e. The Morgan fingerprint density at radius 3 is 2.62 bits per heavy atom. The molecule has 0 aromatic rings. The summed E-state index contributed by atoms with van der Waals surface area (Å²) < 4.78 is 34.9. The molecule has 0 atom stereocenters. The van der Waals surface area contributed by atoms with Crippen molar-refractivity contribution in [1.82, 2.24) is 9.44 Å². The second-order valence-corrected chi connectivity index (χ2v) is 4.18. The number of ether oxygens (including phenoxy) is 2. The number of aliphatic hydroxyl groups is 1. The number of hydrogen-bond donors (Lipinski definition) is 3. The van der Waals surface area contributed by atoms with Crippen molar-refractivity contribution in [2.45, 2.75) is 6.42 Å². The Morgan fingerprint density at radius 1 is 1.38 bits per heavy atom. The molecular formula is C7H16N2O6S. The molecule has 0 aromatic carbocycles. The molecule has 3 N–H and O–H groups in total. The van der Waals surface area contributed by atoms with Crippen LogP contribution in [0.1, 0.15) is 6.42 Å². The van der Waals surface area contributed by atoms with Crippen LogP contribution in [-0.4, -0.2) is 53.1 Å². The van der Waals surface area contributed by atoms with Crippen molar-refractivity contribution in [1.29, 1.82) is 0 Å². The van der Waals surface area contributed by atoms with E-state index in [-0.39, 0.29) is 19.8 Å². The fraction of sp³-hybridized carbons (Fsp3) is 0.857. The molecule has 0 unspecified atom stereocenters. The van der Waals surface area contributed by atoms with Crippen LogP contribution in [-0.2, 0) is 19.7 Å². The largest absolute Gasteiger partial charge is 0.452 e. The summed E-state index contributed by atoms with van der Waals surface area (Å²) in [6.45, 7) is 0.585. The van der Waals surface area contributed by atoms with Crippen LogP contribution in [0.15, 0.2) is 0 Å². The summed E-state index contributed by atoms with van der Waals surface area (Å²) in [6.07, 6.45) is -0.619. The van der Waals surface area contributed by atoms with Crippen molar-refractivity contribution in [2.75, 3.05) is 33.5 Å². The summed E-state index contributed by atoms with van der Waals surface area (Å²) in [6, 6.07) is 0. The Bertz CT molecular complexity index is 291. The van der Waals surface area contributed by atoms with Gasteiger partial charge in [0, 0.05) is 13.2 Å². The first kappa shape index (κ1) is 15.1. The van der Waals surface area contributed by atoms with Gasteiger partial charge < -0.3 is 14.6 Å². The van der Waals surface area contributed by atoms with Gasteiger partial charge >= 0.3 is 16.3 Å². The molecule has 0 aromatic heterocycles. The highest BCUT2D eigenvalue weighted by atomic mass is 32.2. The molecule has 0 heterocycles. The third-order valence-corrected chi connectivity index (χ3v) is 2.42. The van der Waals surface area contributed by atoms with Crippen molar-refractivity contribution in [3.8, 4) is 0 Å². The van der Waals surface area contributed by atoms with Gasteiger partial charge in [-0.2, -0.15) is 13.1 Å². The van der Waals surface area contributed by atoms with E-state index in [1.54, 1.807) is 4.72 Å². The van der Waals surface area contributed by atoms with Gasteiger partial charge in [-0.1, -0.05) is 0 Å². The lowest BCUT2D eigenvalue weighted by atomic mass is 10.5. The summed E-state index contributed by atoms with van der Waals surface area (Å²) in [7, 11) is -2.80. The van der Waals surface area contributed by atoms with E-state index in [4.69, 9.17) is 9.84 Å². The van der Waals surface area contributed by atoms with Gasteiger partial charge in [-0.25, -0.2) is 9.52 Å². The zero-order valence-corrected chi connectivity index (χ0v) is 9.75. The monoisotopic (exact) mass is 256 g/mol. The Morgan fingerprint density at radius 2 is 2.06 bits per heavy atom. The molecule has 9 heteroatoms. The molecular weight excluding hydrogens is 240 g/mol. The fourth-order valence-electron chi connectivity index (χ4n) is 0.735. The van der Waals surface area contributed by atoms with Crippen LogP contribution >= 0.6 is 0 Å². The molecule has 0 rings (SSSR count). The fourth-order valence-corrected chi connectivity index (χ4v) is 1.52. The maximum absolute atomic E-state index is 11.1. The molecule has 16 heavy (non-hydrogen) atoms. The second-order valence-electron chi connectivity index (χ2n) is 2.68.